The number of aromatic nitrogens is 1. The van der Waals surface area contributed by atoms with Crippen LogP contribution in [-0.4, -0.2) is 5.09 Å². The molecule has 0 saturated heterocycles. The zero-order valence-electron chi connectivity index (χ0n) is 17.3. The van der Waals surface area contributed by atoms with E-state index in [1.54, 1.807) is 0 Å². The summed E-state index contributed by atoms with van der Waals surface area (Å²) in [7, 11) is 0. The monoisotopic (exact) mass is 380 g/mol. The van der Waals surface area contributed by atoms with E-state index in [-0.39, 0.29) is 0 Å². The summed E-state index contributed by atoms with van der Waals surface area (Å²) in [4.78, 5) is 8.25. The third-order valence-corrected chi connectivity index (χ3v) is 4.80. The number of nitrogens with zero attached hydrogens (tertiary/aromatic N) is 2. The highest BCUT2D eigenvalue weighted by Gasteiger charge is 1.98. The quantitative estimate of drug-likeness (QED) is 0.140. The molecule has 1 aromatic rings. The highest BCUT2D eigenvalue weighted by atomic mass is 16.9. The highest BCUT2D eigenvalue weighted by molar-refractivity contribution is 4.83. The van der Waals surface area contributed by atoms with Crippen LogP contribution in [0.5, 0.6) is 0 Å². The predicted molar refractivity (Wildman–Crippen MR) is 112 cm³/mol. The van der Waals surface area contributed by atoms with E-state index in [1.165, 1.54) is 103 Å². The highest BCUT2D eigenvalue weighted by Crippen LogP contribution is 2.13. The van der Waals surface area contributed by atoms with Crippen LogP contribution in [0.15, 0.2) is 30.6 Å². The van der Waals surface area contributed by atoms with Gasteiger partial charge in [0.2, 0.25) is 0 Å². The average molecular weight is 381 g/mol. The Hall–Kier alpha value is -1.65. The van der Waals surface area contributed by atoms with Crippen molar-refractivity contribution in [2.24, 2.45) is 0 Å². The number of unbranched alkanes of at least 4 members (excludes halogenated alkanes) is 14. The number of aryl methyl sites for hydroxylation is 1. The zero-order valence-corrected chi connectivity index (χ0v) is 17.3. The molecule has 0 spiro atoms. The molecule has 1 aromatic heterocycles. The maximum atomic E-state index is 8.25. The third-order valence-electron chi connectivity index (χ3n) is 4.80. The minimum atomic E-state index is -1.75. The van der Waals surface area contributed by atoms with Crippen LogP contribution in [0.25, 0.3) is 0 Å². The van der Waals surface area contributed by atoms with Gasteiger partial charge in [0, 0.05) is 18.6 Å². The molecular formula is C22H40N2O3. The maximum Gasteiger partial charge on any atom is 0.168 e. The van der Waals surface area contributed by atoms with Crippen LogP contribution in [0.1, 0.15) is 103 Å². The molecule has 0 N–H and O–H groups in total. The smallest absolute Gasteiger partial charge is 0.168 e. The second-order valence-electron chi connectivity index (χ2n) is 7.29. The summed E-state index contributed by atoms with van der Waals surface area (Å²) in [5.41, 5.74) is 0. The average Bonchev–Trinajstić information content (AvgIpc) is 2.65. The van der Waals surface area contributed by atoms with E-state index in [1.807, 2.05) is 0 Å². The van der Waals surface area contributed by atoms with Crippen LogP contribution < -0.4 is 4.57 Å². The van der Waals surface area contributed by atoms with Gasteiger partial charge in [-0.1, -0.05) is 96.5 Å². The molecule has 1 heterocycles. The largest absolute Gasteiger partial charge is 0.356 e. The van der Waals surface area contributed by atoms with Crippen molar-refractivity contribution >= 4 is 0 Å². The van der Waals surface area contributed by atoms with Crippen molar-refractivity contribution in [2.75, 3.05) is 0 Å². The number of hydrogen-bond donors (Lipinski definition) is 0. The SMILES string of the molecule is CCCCCCCCCCCCCCCCC[n+]1ccccc1.O=[N+]([O-])[O-]. The lowest BCUT2D eigenvalue weighted by atomic mass is 10.0. The van der Waals surface area contributed by atoms with Crippen LogP contribution in [0.3, 0.4) is 0 Å². The van der Waals surface area contributed by atoms with Crippen molar-refractivity contribution in [3.05, 3.63) is 45.9 Å². The standard InChI is InChI=1S/C22H40N.NO3/c1-2-3-4-5-6-7-8-9-10-11-12-13-14-15-17-20-23-21-18-16-19-22-23;2-1(3)4/h16,18-19,21-22H,2-15,17,20H2,1H3;/q+1;-1. The molecule has 5 heteroatoms. The molecular weight excluding hydrogens is 340 g/mol. The molecule has 0 atom stereocenters. The minimum absolute atomic E-state index is 1.18. The third kappa shape index (κ3) is 22.3. The van der Waals surface area contributed by atoms with Gasteiger partial charge in [0.15, 0.2) is 12.4 Å². The van der Waals surface area contributed by atoms with E-state index < -0.39 is 5.09 Å². The molecule has 0 saturated carbocycles. The van der Waals surface area contributed by atoms with Crippen molar-refractivity contribution in [1.82, 2.24) is 0 Å². The summed E-state index contributed by atoms with van der Waals surface area (Å²) in [6.45, 7) is 3.47. The Kier molecular flexibility index (Phi) is 19.4. The van der Waals surface area contributed by atoms with Crippen LogP contribution in [0.2, 0.25) is 0 Å². The van der Waals surface area contributed by atoms with E-state index in [0.29, 0.717) is 0 Å². The van der Waals surface area contributed by atoms with Gasteiger partial charge >= 0.3 is 0 Å². The Morgan fingerprint density at radius 3 is 1.33 bits per heavy atom. The molecule has 1 rings (SSSR count). The second-order valence-corrected chi connectivity index (χ2v) is 7.29. The lowest BCUT2D eigenvalue weighted by Crippen LogP contribution is -2.32. The number of pyridine rings is 1. The Morgan fingerprint density at radius 1 is 0.630 bits per heavy atom. The molecule has 0 aliphatic rings. The molecule has 0 aromatic carbocycles. The van der Waals surface area contributed by atoms with Crippen LogP contribution in [0, 0.1) is 15.3 Å². The lowest BCUT2D eigenvalue weighted by molar-refractivity contribution is -0.697. The first kappa shape index (κ1) is 25.4. The summed E-state index contributed by atoms with van der Waals surface area (Å²) in [6.07, 6.45) is 25.9. The van der Waals surface area contributed by atoms with E-state index in [9.17, 15) is 0 Å². The Morgan fingerprint density at radius 2 is 0.963 bits per heavy atom. The normalized spacial score (nSPS) is 10.3. The summed E-state index contributed by atoms with van der Waals surface area (Å²) in [5, 5.41) is 14.8. The summed E-state index contributed by atoms with van der Waals surface area (Å²) in [6, 6.07) is 6.32. The fourth-order valence-corrected chi connectivity index (χ4v) is 3.25. The first-order chi connectivity index (χ1) is 13.2. The van der Waals surface area contributed by atoms with E-state index in [0.717, 1.165) is 0 Å². The second kappa shape index (κ2) is 20.7. The van der Waals surface area contributed by atoms with E-state index in [2.05, 4.69) is 42.1 Å². The van der Waals surface area contributed by atoms with Crippen molar-refractivity contribution in [2.45, 2.75) is 110 Å². The van der Waals surface area contributed by atoms with Gasteiger partial charge in [-0.05, 0) is 6.42 Å². The summed E-state index contributed by atoms with van der Waals surface area (Å²) in [5.74, 6) is 0. The maximum absolute atomic E-state index is 8.25. The molecule has 0 radical (unpaired) electrons. The van der Waals surface area contributed by atoms with Gasteiger partial charge in [-0.15, -0.1) is 0 Å². The number of hydrogen-bond acceptors (Lipinski definition) is 3. The summed E-state index contributed by atoms with van der Waals surface area (Å²) < 4.78 is 2.29. The van der Waals surface area contributed by atoms with Crippen molar-refractivity contribution in [3.63, 3.8) is 0 Å². The molecule has 156 valence electrons. The minimum Gasteiger partial charge on any atom is -0.356 e. The molecule has 0 aliphatic heterocycles. The molecule has 0 bridgehead atoms. The molecule has 5 nitrogen and oxygen atoms in total. The first-order valence-corrected chi connectivity index (χ1v) is 10.9. The molecule has 0 fully saturated rings. The lowest BCUT2D eigenvalue weighted by Gasteiger charge is -2.03. The van der Waals surface area contributed by atoms with Gasteiger partial charge in [-0.2, -0.15) is 0 Å². The Balaban J connectivity index is 0.00000153. The predicted octanol–water partition coefficient (Wildman–Crippen LogP) is 6.61. The van der Waals surface area contributed by atoms with Crippen molar-refractivity contribution < 1.29 is 9.65 Å². The first-order valence-electron chi connectivity index (χ1n) is 10.9. The zero-order chi connectivity index (χ0) is 20.0. The molecule has 0 unspecified atom stereocenters. The van der Waals surface area contributed by atoms with Gasteiger partial charge in [-0.25, -0.2) is 4.57 Å². The Bertz CT molecular complexity index is 423. The van der Waals surface area contributed by atoms with Crippen LogP contribution in [-0.2, 0) is 6.54 Å². The van der Waals surface area contributed by atoms with Gasteiger partial charge < -0.3 is 15.3 Å². The Labute approximate surface area is 165 Å². The fourth-order valence-electron chi connectivity index (χ4n) is 3.25. The van der Waals surface area contributed by atoms with Crippen molar-refractivity contribution in [3.8, 4) is 0 Å². The van der Waals surface area contributed by atoms with E-state index in [4.69, 9.17) is 15.3 Å². The van der Waals surface area contributed by atoms with Gasteiger partial charge in [0.05, 0.1) is 5.09 Å². The topological polar surface area (TPSA) is 70.1 Å². The molecule has 27 heavy (non-hydrogen) atoms. The van der Waals surface area contributed by atoms with Gasteiger partial charge in [0.1, 0.15) is 6.54 Å². The van der Waals surface area contributed by atoms with E-state index >= 15 is 0 Å². The number of rotatable bonds is 16. The van der Waals surface area contributed by atoms with Crippen LogP contribution in [0.4, 0.5) is 0 Å². The molecule has 0 amide bonds. The van der Waals surface area contributed by atoms with Crippen LogP contribution >= 0.6 is 0 Å². The van der Waals surface area contributed by atoms with Crippen molar-refractivity contribution in [1.29, 1.82) is 0 Å². The molecule has 0 aliphatic carbocycles. The van der Waals surface area contributed by atoms with Gasteiger partial charge in [0.25, 0.3) is 0 Å². The summed E-state index contributed by atoms with van der Waals surface area (Å²) >= 11 is 0. The fraction of sp³-hybridized carbons (Fsp3) is 0.773. The van der Waals surface area contributed by atoms with Gasteiger partial charge in [-0.3, -0.25) is 0 Å².